The molecule has 0 saturated heterocycles. The van der Waals surface area contributed by atoms with E-state index in [2.05, 4.69) is 15.0 Å². The van der Waals surface area contributed by atoms with Crippen LogP contribution in [0.4, 0.5) is 5.69 Å². The van der Waals surface area contributed by atoms with Gasteiger partial charge in [-0.05, 0) is 36.8 Å². The first-order valence-electron chi connectivity index (χ1n) is 10.8. The molecule has 5 rings (SSSR count). The average Bonchev–Trinajstić information content (AvgIpc) is 3.62. The fourth-order valence-electron chi connectivity index (χ4n) is 4.02. The highest BCUT2D eigenvalue weighted by molar-refractivity contribution is 7.93. The fraction of sp³-hybridized carbons (Fsp3) is 0.208. The number of rotatable bonds is 9. The van der Waals surface area contributed by atoms with Crippen molar-refractivity contribution in [3.63, 3.8) is 0 Å². The molecule has 1 aliphatic rings. The summed E-state index contributed by atoms with van der Waals surface area (Å²) in [5.74, 6) is 1.44. The number of furan rings is 1. The van der Waals surface area contributed by atoms with Crippen LogP contribution in [0.3, 0.4) is 0 Å². The number of ether oxygens (including phenoxy) is 3. The minimum Gasteiger partial charge on any atom is -0.492 e. The highest BCUT2D eigenvalue weighted by atomic mass is 32.2. The maximum atomic E-state index is 13.4. The summed E-state index contributed by atoms with van der Waals surface area (Å²) in [5, 5.41) is 3.35. The van der Waals surface area contributed by atoms with E-state index in [-0.39, 0.29) is 42.7 Å². The molecular weight excluding hydrogens is 474 g/mol. The normalized spacial score (nSPS) is 12.6. The summed E-state index contributed by atoms with van der Waals surface area (Å²) in [5.41, 5.74) is 1.43. The predicted octanol–water partition coefficient (Wildman–Crippen LogP) is 3.55. The van der Waals surface area contributed by atoms with Gasteiger partial charge in [0.2, 0.25) is 18.4 Å². The van der Waals surface area contributed by atoms with Crippen molar-refractivity contribution in [1.29, 1.82) is 0 Å². The lowest BCUT2D eigenvalue weighted by Gasteiger charge is -2.18. The quantitative estimate of drug-likeness (QED) is 0.322. The molecule has 0 spiro atoms. The van der Waals surface area contributed by atoms with Gasteiger partial charge < -0.3 is 28.9 Å². The third-order valence-corrected chi connectivity index (χ3v) is 7.08. The van der Waals surface area contributed by atoms with Crippen LogP contribution in [0.25, 0.3) is 10.9 Å². The molecule has 3 N–H and O–H groups in total. The highest BCUT2D eigenvalue weighted by Gasteiger charge is 2.28. The second-order valence-corrected chi connectivity index (χ2v) is 9.48. The number of methoxy groups -OCH3 is 1. The zero-order chi connectivity index (χ0) is 24.4. The van der Waals surface area contributed by atoms with Crippen molar-refractivity contribution in [2.24, 2.45) is 0 Å². The zero-order valence-corrected chi connectivity index (χ0v) is 19.6. The van der Waals surface area contributed by atoms with Gasteiger partial charge >= 0.3 is 0 Å². The van der Waals surface area contributed by atoms with Gasteiger partial charge in [0, 0.05) is 35.2 Å². The topological polar surface area (TPSA) is 132 Å². The Bertz CT molecular complexity index is 1480. The van der Waals surface area contributed by atoms with Gasteiger partial charge in [-0.15, -0.1) is 0 Å². The van der Waals surface area contributed by atoms with Crippen LogP contribution in [-0.4, -0.2) is 33.2 Å². The van der Waals surface area contributed by atoms with Crippen molar-refractivity contribution < 1.29 is 31.8 Å². The van der Waals surface area contributed by atoms with E-state index < -0.39 is 10.0 Å². The van der Waals surface area contributed by atoms with Crippen molar-refractivity contribution in [2.45, 2.75) is 24.3 Å². The van der Waals surface area contributed by atoms with E-state index in [1.54, 1.807) is 42.6 Å². The summed E-state index contributed by atoms with van der Waals surface area (Å²) in [6.45, 7) is 0.234. The van der Waals surface area contributed by atoms with Crippen LogP contribution in [-0.2, 0) is 27.8 Å². The summed E-state index contributed by atoms with van der Waals surface area (Å²) in [7, 11) is -2.53. The Hall–Kier alpha value is -4.12. The lowest BCUT2D eigenvalue weighted by atomic mass is 10.0. The van der Waals surface area contributed by atoms with Crippen molar-refractivity contribution in [2.75, 3.05) is 18.6 Å². The average molecular weight is 498 g/mol. The molecular formula is C24H23N3O7S. The van der Waals surface area contributed by atoms with Crippen molar-refractivity contribution in [1.82, 2.24) is 10.3 Å². The zero-order valence-electron chi connectivity index (χ0n) is 18.8. The van der Waals surface area contributed by atoms with Crippen LogP contribution in [0, 0.1) is 0 Å². The predicted molar refractivity (Wildman–Crippen MR) is 127 cm³/mol. The molecule has 2 aromatic heterocycles. The summed E-state index contributed by atoms with van der Waals surface area (Å²) in [6, 6.07) is 11.8. The Kier molecular flexibility index (Phi) is 6.00. The van der Waals surface area contributed by atoms with Gasteiger partial charge in [0.1, 0.15) is 5.76 Å². The second-order valence-electron chi connectivity index (χ2n) is 7.83. The van der Waals surface area contributed by atoms with Gasteiger partial charge in [-0.25, -0.2) is 8.42 Å². The molecule has 0 unspecified atom stereocenters. The van der Waals surface area contributed by atoms with Crippen LogP contribution >= 0.6 is 0 Å². The molecule has 0 bridgehead atoms. The summed E-state index contributed by atoms with van der Waals surface area (Å²) < 4.78 is 51.3. The standard InChI is InChI=1S/C24H23N3O7S/c1-31-23-17(7-8-22(28)26-13-15-4-3-11-32-15)19(12-20-24(23)34-14-33-20)27-35(29,30)21-6-2-5-18-16(21)9-10-25-18/h2-6,9-12,25,27H,7-8,13-14H2,1H3,(H,26,28). The number of H-pyrrole nitrogens is 1. The third kappa shape index (κ3) is 4.50. The van der Waals surface area contributed by atoms with Crippen LogP contribution in [0.1, 0.15) is 17.7 Å². The van der Waals surface area contributed by atoms with Gasteiger partial charge in [-0.2, -0.15) is 0 Å². The fourth-order valence-corrected chi connectivity index (χ4v) is 5.33. The van der Waals surface area contributed by atoms with Gasteiger partial charge in [-0.3, -0.25) is 9.52 Å². The number of carbonyl (C=O) groups excluding carboxylic acids is 1. The number of aromatic amines is 1. The van der Waals surface area contributed by atoms with Gasteiger partial charge in [0.15, 0.2) is 11.5 Å². The van der Waals surface area contributed by atoms with Crippen molar-refractivity contribution in [3.05, 3.63) is 66.2 Å². The number of hydrogen-bond donors (Lipinski definition) is 3. The molecule has 10 nitrogen and oxygen atoms in total. The minimum absolute atomic E-state index is 0.0202. The molecule has 0 fully saturated rings. The van der Waals surface area contributed by atoms with E-state index in [0.717, 1.165) is 0 Å². The Morgan fingerprint density at radius 2 is 2.06 bits per heavy atom. The van der Waals surface area contributed by atoms with Crippen LogP contribution < -0.4 is 24.2 Å². The SMILES string of the molecule is COc1c(CCC(=O)NCc2ccco2)c(NS(=O)(=O)c2cccc3[nH]ccc23)cc2c1OCO2. The van der Waals surface area contributed by atoms with Crippen LogP contribution in [0.2, 0.25) is 0 Å². The largest absolute Gasteiger partial charge is 0.492 e. The van der Waals surface area contributed by atoms with Gasteiger partial charge in [0.25, 0.3) is 10.0 Å². The molecule has 1 aliphatic heterocycles. The number of hydrogen-bond acceptors (Lipinski definition) is 7. The van der Waals surface area contributed by atoms with Crippen molar-refractivity contribution in [3.8, 4) is 17.2 Å². The first-order valence-corrected chi connectivity index (χ1v) is 12.3. The van der Waals surface area contributed by atoms with E-state index in [9.17, 15) is 13.2 Å². The molecule has 0 radical (unpaired) electrons. The van der Waals surface area contributed by atoms with Crippen molar-refractivity contribution >= 4 is 32.5 Å². The highest BCUT2D eigenvalue weighted by Crippen LogP contribution is 2.47. The van der Waals surface area contributed by atoms with E-state index in [0.29, 0.717) is 39.5 Å². The minimum atomic E-state index is -3.99. The molecule has 3 heterocycles. The van der Waals surface area contributed by atoms with Gasteiger partial charge in [-0.1, -0.05) is 6.07 Å². The number of anilines is 1. The molecule has 0 atom stereocenters. The number of aromatic nitrogens is 1. The number of sulfonamides is 1. The molecule has 11 heteroatoms. The molecule has 1 amide bonds. The maximum absolute atomic E-state index is 13.4. The summed E-state index contributed by atoms with van der Waals surface area (Å²) >= 11 is 0. The molecule has 4 aromatic rings. The number of fused-ring (bicyclic) bond motifs is 2. The number of amides is 1. The second kappa shape index (κ2) is 9.26. The summed E-state index contributed by atoms with van der Waals surface area (Å²) in [4.78, 5) is 15.6. The Morgan fingerprint density at radius 3 is 2.86 bits per heavy atom. The maximum Gasteiger partial charge on any atom is 0.262 e. The van der Waals surface area contributed by atoms with Crippen LogP contribution in [0.15, 0.2) is 64.2 Å². The van der Waals surface area contributed by atoms with Gasteiger partial charge in [0.05, 0.1) is 30.5 Å². The Balaban J connectivity index is 1.45. The lowest BCUT2D eigenvalue weighted by Crippen LogP contribution is -2.23. The van der Waals surface area contributed by atoms with E-state index in [1.165, 1.54) is 19.4 Å². The monoisotopic (exact) mass is 497 g/mol. The molecule has 35 heavy (non-hydrogen) atoms. The number of nitrogens with one attached hydrogen (secondary N) is 3. The first-order chi connectivity index (χ1) is 17.0. The molecule has 0 aliphatic carbocycles. The molecule has 182 valence electrons. The van der Waals surface area contributed by atoms with Crippen LogP contribution in [0.5, 0.6) is 17.2 Å². The van der Waals surface area contributed by atoms with E-state index in [4.69, 9.17) is 18.6 Å². The molecule has 2 aromatic carbocycles. The lowest BCUT2D eigenvalue weighted by molar-refractivity contribution is -0.121. The number of carbonyl (C=O) groups is 1. The smallest absolute Gasteiger partial charge is 0.262 e. The third-order valence-electron chi connectivity index (χ3n) is 5.66. The first kappa shape index (κ1) is 22.7. The Labute approximate surface area is 201 Å². The summed E-state index contributed by atoms with van der Waals surface area (Å²) in [6.07, 6.45) is 3.49. The Morgan fingerprint density at radius 1 is 1.17 bits per heavy atom. The molecule has 0 saturated carbocycles. The number of benzene rings is 2. The van der Waals surface area contributed by atoms with E-state index >= 15 is 0 Å². The van der Waals surface area contributed by atoms with E-state index in [1.807, 2.05) is 0 Å².